The second-order valence-electron chi connectivity index (χ2n) is 5.19. The summed E-state index contributed by atoms with van der Waals surface area (Å²) in [7, 11) is 0. The molecule has 0 radical (unpaired) electrons. The smallest absolute Gasteiger partial charge is 0.306 e. The molecule has 2 N–H and O–H groups in total. The summed E-state index contributed by atoms with van der Waals surface area (Å²) in [6.45, 7) is 4.51. The van der Waals surface area contributed by atoms with Gasteiger partial charge in [0, 0.05) is 6.42 Å². The molecule has 0 fully saturated rings. The average Bonchev–Trinajstić information content (AvgIpc) is 2.69. The average molecular weight is 280 g/mol. The van der Waals surface area contributed by atoms with E-state index in [0.717, 1.165) is 6.42 Å². The summed E-state index contributed by atoms with van der Waals surface area (Å²) in [5.74, 6) is -0.657. The number of aliphatic carboxylic acids is 1. The molecule has 0 amide bonds. The summed E-state index contributed by atoms with van der Waals surface area (Å²) in [5.41, 5.74) is 0.648. The predicted molar refractivity (Wildman–Crippen MR) is 73.0 cm³/mol. The van der Waals surface area contributed by atoms with Crippen molar-refractivity contribution in [2.24, 2.45) is 11.8 Å². The molecule has 110 valence electrons. The third-order valence-corrected chi connectivity index (χ3v) is 3.79. The lowest BCUT2D eigenvalue weighted by Gasteiger charge is -2.23. The molecule has 0 bridgehead atoms. The molecule has 1 aliphatic rings. The number of ether oxygens (including phenoxy) is 2. The molecule has 0 saturated heterocycles. The monoisotopic (exact) mass is 280 g/mol. The molecule has 1 aromatic rings. The van der Waals surface area contributed by atoms with Crippen LogP contribution in [-0.2, 0) is 4.79 Å². The molecule has 0 spiro atoms. The van der Waals surface area contributed by atoms with Crippen LogP contribution in [-0.4, -0.2) is 29.4 Å². The van der Waals surface area contributed by atoms with E-state index in [1.165, 1.54) is 0 Å². The van der Waals surface area contributed by atoms with Gasteiger partial charge in [-0.15, -0.1) is 0 Å². The fraction of sp³-hybridized carbons (Fsp3) is 0.533. The van der Waals surface area contributed by atoms with Crippen LogP contribution in [0.5, 0.6) is 11.5 Å². The number of benzene rings is 1. The van der Waals surface area contributed by atoms with E-state index in [9.17, 15) is 9.90 Å². The van der Waals surface area contributed by atoms with Gasteiger partial charge >= 0.3 is 5.97 Å². The molecule has 0 aliphatic carbocycles. The molecule has 0 aromatic heterocycles. The Hall–Kier alpha value is -1.75. The lowest BCUT2D eigenvalue weighted by Crippen LogP contribution is -2.23. The van der Waals surface area contributed by atoms with Crippen molar-refractivity contribution in [3.05, 3.63) is 23.8 Å². The lowest BCUT2D eigenvalue weighted by atomic mass is 9.87. The number of carboxylic acids is 1. The second kappa shape index (κ2) is 6.13. The highest BCUT2D eigenvalue weighted by atomic mass is 16.5. The lowest BCUT2D eigenvalue weighted by molar-refractivity contribution is -0.144. The van der Waals surface area contributed by atoms with Crippen LogP contribution < -0.4 is 9.47 Å². The summed E-state index contributed by atoms with van der Waals surface area (Å²) < 4.78 is 11.1. The highest BCUT2D eigenvalue weighted by Crippen LogP contribution is 2.35. The molecule has 1 aliphatic heterocycles. The van der Waals surface area contributed by atoms with Crippen LogP contribution in [0, 0.1) is 11.8 Å². The number of aliphatic hydroxyl groups is 1. The number of rotatable bonds is 4. The van der Waals surface area contributed by atoms with Crippen LogP contribution in [0.25, 0.3) is 0 Å². The van der Waals surface area contributed by atoms with Crippen molar-refractivity contribution in [2.45, 2.75) is 26.4 Å². The molecule has 2 rings (SSSR count). The van der Waals surface area contributed by atoms with Crippen molar-refractivity contribution in [3.8, 4) is 11.5 Å². The first-order valence-corrected chi connectivity index (χ1v) is 6.81. The first-order chi connectivity index (χ1) is 9.50. The maximum Gasteiger partial charge on any atom is 0.306 e. The van der Waals surface area contributed by atoms with Crippen molar-refractivity contribution in [3.63, 3.8) is 0 Å². The van der Waals surface area contributed by atoms with Gasteiger partial charge < -0.3 is 19.7 Å². The Kier molecular flexibility index (Phi) is 4.49. The van der Waals surface area contributed by atoms with Gasteiger partial charge in [0.2, 0.25) is 0 Å². The van der Waals surface area contributed by atoms with E-state index in [1.807, 2.05) is 0 Å². The second-order valence-corrected chi connectivity index (χ2v) is 5.19. The fourth-order valence-corrected chi connectivity index (χ4v) is 2.17. The molecule has 5 heteroatoms. The van der Waals surface area contributed by atoms with Gasteiger partial charge in [-0.2, -0.15) is 0 Å². The highest BCUT2D eigenvalue weighted by Gasteiger charge is 2.27. The van der Waals surface area contributed by atoms with Crippen molar-refractivity contribution < 1.29 is 24.5 Å². The Labute approximate surface area is 118 Å². The summed E-state index contributed by atoms with van der Waals surface area (Å²) in [5, 5.41) is 19.3. The van der Waals surface area contributed by atoms with Gasteiger partial charge in [0.1, 0.15) is 0 Å². The number of hydrogen-bond acceptors (Lipinski definition) is 4. The molecular formula is C15H20O5. The first kappa shape index (κ1) is 14.7. The summed E-state index contributed by atoms with van der Waals surface area (Å²) in [4.78, 5) is 11.0. The van der Waals surface area contributed by atoms with E-state index >= 15 is 0 Å². The zero-order valence-electron chi connectivity index (χ0n) is 11.7. The third kappa shape index (κ3) is 3.04. The van der Waals surface area contributed by atoms with Crippen LogP contribution in [0.15, 0.2) is 18.2 Å². The SMILES string of the molecule is CC(C(=O)O)C(C)C(O)c1ccc2c(c1)OCCCO2. The van der Waals surface area contributed by atoms with Gasteiger partial charge in [-0.25, -0.2) is 0 Å². The summed E-state index contributed by atoms with van der Waals surface area (Å²) in [6, 6.07) is 5.25. The number of carbonyl (C=O) groups is 1. The molecule has 0 saturated carbocycles. The van der Waals surface area contributed by atoms with Gasteiger partial charge in [-0.05, 0) is 23.6 Å². The molecule has 1 aromatic carbocycles. The highest BCUT2D eigenvalue weighted by molar-refractivity contribution is 5.70. The van der Waals surface area contributed by atoms with Gasteiger partial charge in [0.15, 0.2) is 11.5 Å². The zero-order valence-corrected chi connectivity index (χ0v) is 11.7. The van der Waals surface area contributed by atoms with Crippen LogP contribution in [0.2, 0.25) is 0 Å². The first-order valence-electron chi connectivity index (χ1n) is 6.81. The van der Waals surface area contributed by atoms with Gasteiger partial charge in [0.05, 0.1) is 25.2 Å². The summed E-state index contributed by atoms with van der Waals surface area (Å²) >= 11 is 0. The molecule has 3 atom stereocenters. The predicted octanol–water partition coefficient (Wildman–Crippen LogP) is 2.24. The van der Waals surface area contributed by atoms with E-state index in [-0.39, 0.29) is 0 Å². The van der Waals surface area contributed by atoms with Crippen LogP contribution >= 0.6 is 0 Å². The van der Waals surface area contributed by atoms with E-state index in [1.54, 1.807) is 32.0 Å². The van der Waals surface area contributed by atoms with Crippen molar-refractivity contribution in [1.29, 1.82) is 0 Å². The van der Waals surface area contributed by atoms with Crippen LogP contribution in [0.3, 0.4) is 0 Å². The fourth-order valence-electron chi connectivity index (χ4n) is 2.17. The van der Waals surface area contributed by atoms with Gasteiger partial charge in [0.25, 0.3) is 0 Å². The quantitative estimate of drug-likeness (QED) is 0.884. The minimum atomic E-state index is -0.911. The molecule has 3 unspecified atom stereocenters. The molecule has 20 heavy (non-hydrogen) atoms. The van der Waals surface area contributed by atoms with Gasteiger partial charge in [-0.3, -0.25) is 4.79 Å². The van der Waals surface area contributed by atoms with Gasteiger partial charge in [-0.1, -0.05) is 19.9 Å². The van der Waals surface area contributed by atoms with E-state index in [0.29, 0.717) is 30.3 Å². The minimum Gasteiger partial charge on any atom is -0.490 e. The third-order valence-electron chi connectivity index (χ3n) is 3.79. The Morgan fingerprint density at radius 3 is 2.50 bits per heavy atom. The zero-order chi connectivity index (χ0) is 14.7. The van der Waals surface area contributed by atoms with Crippen molar-refractivity contribution in [2.75, 3.05) is 13.2 Å². The van der Waals surface area contributed by atoms with E-state index in [2.05, 4.69) is 0 Å². The topological polar surface area (TPSA) is 76.0 Å². The van der Waals surface area contributed by atoms with Crippen molar-refractivity contribution >= 4 is 5.97 Å². The maximum atomic E-state index is 11.0. The molecular weight excluding hydrogens is 260 g/mol. The number of aliphatic hydroxyl groups excluding tert-OH is 1. The maximum absolute atomic E-state index is 11.0. The van der Waals surface area contributed by atoms with Crippen molar-refractivity contribution in [1.82, 2.24) is 0 Å². The Morgan fingerprint density at radius 1 is 1.20 bits per heavy atom. The largest absolute Gasteiger partial charge is 0.490 e. The van der Waals surface area contributed by atoms with Crippen LogP contribution in [0.4, 0.5) is 0 Å². The van der Waals surface area contributed by atoms with E-state index < -0.39 is 23.9 Å². The Morgan fingerprint density at radius 2 is 1.85 bits per heavy atom. The Balaban J connectivity index is 2.20. The van der Waals surface area contributed by atoms with Crippen LogP contribution in [0.1, 0.15) is 31.9 Å². The number of carboxylic acid groups (broad SMARTS) is 1. The minimum absolute atomic E-state index is 0.391. The standard InChI is InChI=1S/C15H20O5/c1-9(10(2)15(17)18)14(16)11-4-5-12-13(8-11)20-7-3-6-19-12/h4-5,8-10,14,16H,3,6-7H2,1-2H3,(H,17,18). The molecule has 1 heterocycles. The number of hydrogen-bond donors (Lipinski definition) is 2. The normalized spacial score (nSPS) is 18.8. The Bertz CT molecular complexity index is 485. The number of fused-ring (bicyclic) bond motifs is 1. The molecule has 5 nitrogen and oxygen atoms in total. The summed E-state index contributed by atoms with van der Waals surface area (Å²) in [6.07, 6.45) is -0.0304. The van der Waals surface area contributed by atoms with E-state index in [4.69, 9.17) is 14.6 Å².